The van der Waals surface area contributed by atoms with E-state index in [1.807, 2.05) is 0 Å². The highest BCUT2D eigenvalue weighted by Gasteiger charge is 2.51. The number of hydrogen-bond acceptors (Lipinski definition) is 5. The highest BCUT2D eigenvalue weighted by atomic mass is 19.4. The number of pyridine rings is 2. The second kappa shape index (κ2) is 7.52. The van der Waals surface area contributed by atoms with E-state index in [9.17, 15) is 31.9 Å². The van der Waals surface area contributed by atoms with Crippen LogP contribution >= 0.6 is 0 Å². The molecule has 3 heterocycles. The minimum atomic E-state index is -4.91. The van der Waals surface area contributed by atoms with Crippen LogP contribution in [0.4, 0.5) is 33.5 Å². The molecule has 1 aromatic carbocycles. The maximum absolute atomic E-state index is 14.3. The van der Waals surface area contributed by atoms with E-state index >= 15 is 0 Å². The monoisotopic (exact) mass is 450 g/mol. The lowest BCUT2D eigenvalue weighted by Gasteiger charge is -2.26. The molecule has 166 valence electrons. The Morgan fingerprint density at radius 3 is 2.38 bits per heavy atom. The van der Waals surface area contributed by atoms with Gasteiger partial charge in [0.1, 0.15) is 17.5 Å². The molecule has 1 aliphatic heterocycles. The molecule has 3 N–H and O–H groups in total. The van der Waals surface area contributed by atoms with Gasteiger partial charge in [-0.1, -0.05) is 12.1 Å². The summed E-state index contributed by atoms with van der Waals surface area (Å²) in [7, 11) is 0. The summed E-state index contributed by atoms with van der Waals surface area (Å²) in [6.45, 7) is 0.639. The number of nitrogens with zero attached hydrogens (tertiary/aromatic N) is 2. The first-order valence-electron chi connectivity index (χ1n) is 9.28. The van der Waals surface area contributed by atoms with Crippen LogP contribution in [0.1, 0.15) is 28.5 Å². The molecule has 1 unspecified atom stereocenters. The van der Waals surface area contributed by atoms with Crippen LogP contribution in [0.15, 0.2) is 42.6 Å². The fourth-order valence-corrected chi connectivity index (χ4v) is 3.26. The van der Waals surface area contributed by atoms with E-state index in [1.54, 1.807) is 0 Å². The van der Waals surface area contributed by atoms with Gasteiger partial charge < -0.3 is 15.7 Å². The van der Waals surface area contributed by atoms with E-state index in [1.165, 1.54) is 18.2 Å². The lowest BCUT2D eigenvalue weighted by molar-refractivity contribution is -0.259. The molecule has 6 nitrogen and oxygen atoms in total. The third kappa shape index (κ3) is 3.64. The van der Waals surface area contributed by atoms with Crippen LogP contribution in [0.5, 0.6) is 0 Å². The summed E-state index contributed by atoms with van der Waals surface area (Å²) in [6, 6.07) is 6.80. The van der Waals surface area contributed by atoms with Crippen LogP contribution < -0.4 is 10.6 Å². The van der Waals surface area contributed by atoms with Crippen molar-refractivity contribution in [3.63, 3.8) is 0 Å². The molecule has 1 atom stereocenters. The number of rotatable bonds is 4. The van der Waals surface area contributed by atoms with E-state index in [2.05, 4.69) is 20.6 Å². The molecule has 0 bridgehead atoms. The quantitative estimate of drug-likeness (QED) is 0.520. The Balaban J connectivity index is 1.74. The second-order valence-corrected chi connectivity index (χ2v) is 7.28. The van der Waals surface area contributed by atoms with Crippen molar-refractivity contribution in [1.29, 1.82) is 0 Å². The maximum Gasteiger partial charge on any atom is 0.421 e. The highest BCUT2D eigenvalue weighted by molar-refractivity contribution is 6.04. The first-order chi connectivity index (χ1) is 15.0. The van der Waals surface area contributed by atoms with E-state index < -0.39 is 34.9 Å². The van der Waals surface area contributed by atoms with E-state index in [0.29, 0.717) is 6.92 Å². The molecule has 32 heavy (non-hydrogen) atoms. The normalized spacial score (nSPS) is 15.2. The largest absolute Gasteiger partial charge is 0.421 e. The molecule has 0 saturated carbocycles. The standard InChI is InChI=1S/C21H15F5N4O2/c1-20(32,21(24,25)26)10-5-6-16(27-8-10)30-14-7-13(17-11(22)3-2-4-12(17)23)29-15-9-28-19(31)18(14)15/h2-8,32H,9H2,1H3,(H,28,31)(H,27,29,30). The summed E-state index contributed by atoms with van der Waals surface area (Å²) in [5.41, 5.74) is -3.57. The predicted molar refractivity (Wildman–Crippen MR) is 104 cm³/mol. The molecular weight excluding hydrogens is 435 g/mol. The van der Waals surface area contributed by atoms with Crippen LogP contribution in [0.3, 0.4) is 0 Å². The average molecular weight is 450 g/mol. The molecule has 0 radical (unpaired) electrons. The summed E-state index contributed by atoms with van der Waals surface area (Å²) in [5.74, 6) is -2.14. The van der Waals surface area contributed by atoms with Crippen LogP contribution in [-0.2, 0) is 12.1 Å². The zero-order valence-electron chi connectivity index (χ0n) is 16.4. The van der Waals surface area contributed by atoms with E-state index in [0.717, 1.165) is 24.4 Å². The minimum Gasteiger partial charge on any atom is -0.376 e. The van der Waals surface area contributed by atoms with Gasteiger partial charge in [0.15, 0.2) is 5.60 Å². The van der Waals surface area contributed by atoms with Crippen molar-refractivity contribution >= 4 is 17.4 Å². The van der Waals surface area contributed by atoms with Gasteiger partial charge in [-0.05, 0) is 31.2 Å². The van der Waals surface area contributed by atoms with Gasteiger partial charge in [-0.15, -0.1) is 0 Å². The average Bonchev–Trinajstić information content (AvgIpc) is 3.08. The predicted octanol–water partition coefficient (Wildman–Crippen LogP) is 4.18. The van der Waals surface area contributed by atoms with Crippen molar-refractivity contribution in [2.24, 2.45) is 0 Å². The van der Waals surface area contributed by atoms with Crippen molar-refractivity contribution < 1.29 is 31.9 Å². The molecular formula is C21H15F5N4O2. The van der Waals surface area contributed by atoms with Gasteiger partial charge >= 0.3 is 6.18 Å². The Bertz CT molecular complexity index is 1190. The third-order valence-corrected chi connectivity index (χ3v) is 5.10. The van der Waals surface area contributed by atoms with Crippen molar-refractivity contribution in [2.45, 2.75) is 25.2 Å². The lowest BCUT2D eigenvalue weighted by Crippen LogP contribution is -2.39. The number of carbonyl (C=O) groups excluding carboxylic acids is 1. The number of hydrogen-bond donors (Lipinski definition) is 3. The molecule has 11 heteroatoms. The molecule has 1 amide bonds. The summed E-state index contributed by atoms with van der Waals surface area (Å²) in [4.78, 5) is 20.3. The smallest absolute Gasteiger partial charge is 0.376 e. The Morgan fingerprint density at radius 2 is 1.78 bits per heavy atom. The second-order valence-electron chi connectivity index (χ2n) is 7.28. The molecule has 0 spiro atoms. The van der Waals surface area contributed by atoms with Gasteiger partial charge in [-0.2, -0.15) is 13.2 Å². The Kier molecular flexibility index (Phi) is 5.08. The fourth-order valence-electron chi connectivity index (χ4n) is 3.26. The fraction of sp³-hybridized carbons (Fsp3) is 0.190. The summed E-state index contributed by atoms with van der Waals surface area (Å²) in [6.07, 6.45) is -4.07. The molecule has 4 rings (SSSR count). The van der Waals surface area contributed by atoms with Crippen molar-refractivity contribution in [3.05, 3.63) is 71.1 Å². The molecule has 1 aliphatic rings. The summed E-state index contributed by atoms with van der Waals surface area (Å²) in [5, 5.41) is 15.1. The van der Waals surface area contributed by atoms with Crippen LogP contribution in [0, 0.1) is 11.6 Å². The number of carbonyl (C=O) groups is 1. The minimum absolute atomic E-state index is 0.0353. The van der Waals surface area contributed by atoms with Crippen molar-refractivity contribution in [1.82, 2.24) is 15.3 Å². The topological polar surface area (TPSA) is 87.1 Å². The highest BCUT2D eigenvalue weighted by Crippen LogP contribution is 2.38. The molecule has 0 saturated heterocycles. The molecule has 2 aromatic heterocycles. The zero-order valence-corrected chi connectivity index (χ0v) is 16.4. The maximum atomic E-state index is 14.3. The van der Waals surface area contributed by atoms with Gasteiger partial charge in [0.25, 0.3) is 5.91 Å². The number of aliphatic hydroxyl groups is 1. The number of nitrogens with one attached hydrogen (secondary N) is 2. The zero-order chi connectivity index (χ0) is 23.3. The summed E-state index contributed by atoms with van der Waals surface area (Å²) >= 11 is 0. The number of benzene rings is 1. The first-order valence-corrected chi connectivity index (χ1v) is 9.28. The van der Waals surface area contributed by atoms with Crippen LogP contribution in [-0.4, -0.2) is 27.2 Å². The molecule has 0 fully saturated rings. The summed E-state index contributed by atoms with van der Waals surface area (Å²) < 4.78 is 67.6. The van der Waals surface area contributed by atoms with Gasteiger partial charge in [-0.25, -0.2) is 18.7 Å². The van der Waals surface area contributed by atoms with Crippen molar-refractivity contribution in [3.8, 4) is 11.3 Å². The first kappa shape index (κ1) is 21.6. The number of anilines is 2. The number of halogens is 5. The van der Waals surface area contributed by atoms with E-state index in [4.69, 9.17) is 0 Å². The van der Waals surface area contributed by atoms with Gasteiger partial charge in [0.05, 0.1) is 34.7 Å². The van der Waals surface area contributed by atoms with E-state index in [-0.39, 0.29) is 40.6 Å². The third-order valence-electron chi connectivity index (χ3n) is 5.10. The van der Waals surface area contributed by atoms with Gasteiger partial charge in [0.2, 0.25) is 0 Å². The Morgan fingerprint density at radius 1 is 1.09 bits per heavy atom. The van der Waals surface area contributed by atoms with Crippen molar-refractivity contribution in [2.75, 3.05) is 5.32 Å². The van der Waals surface area contributed by atoms with Crippen LogP contribution in [0.25, 0.3) is 11.3 Å². The SMILES string of the molecule is CC(O)(c1ccc(Nc2cc(-c3c(F)cccc3F)nc3c2C(=O)NC3)nc1)C(F)(F)F. The number of alkyl halides is 3. The number of fused-ring (bicyclic) bond motifs is 1. The lowest BCUT2D eigenvalue weighted by atomic mass is 9.97. The van der Waals surface area contributed by atoms with Gasteiger partial charge in [0, 0.05) is 11.8 Å². The van der Waals surface area contributed by atoms with Crippen LogP contribution in [0.2, 0.25) is 0 Å². The number of aromatic nitrogens is 2. The van der Waals surface area contributed by atoms with Gasteiger partial charge in [-0.3, -0.25) is 4.79 Å². The number of amides is 1. The molecule has 0 aliphatic carbocycles. The Hall–Kier alpha value is -3.60. The molecule has 3 aromatic rings. The Labute approximate surface area is 178 Å².